The van der Waals surface area contributed by atoms with Crippen LogP contribution in [0.5, 0.6) is 0 Å². The number of aliphatic hydroxyl groups excluding tert-OH is 1. The van der Waals surface area contributed by atoms with E-state index in [-0.39, 0.29) is 11.4 Å². The minimum atomic E-state index is -3.72. The van der Waals surface area contributed by atoms with Crippen molar-refractivity contribution in [3.05, 3.63) is 52.8 Å². The second-order valence-corrected chi connectivity index (χ2v) is 6.99. The van der Waals surface area contributed by atoms with Crippen LogP contribution < -0.4 is 4.72 Å². The Bertz CT molecular complexity index is 740. The highest BCUT2D eigenvalue weighted by molar-refractivity contribution is 7.89. The van der Waals surface area contributed by atoms with Crippen LogP contribution in [0.1, 0.15) is 17.4 Å². The number of rotatable bonds is 5. The van der Waals surface area contributed by atoms with Gasteiger partial charge in [-0.25, -0.2) is 13.1 Å². The summed E-state index contributed by atoms with van der Waals surface area (Å²) in [6, 6.07) is 8.20. The van der Waals surface area contributed by atoms with Crippen molar-refractivity contribution in [2.45, 2.75) is 17.9 Å². The molecule has 0 bridgehead atoms. The minimum Gasteiger partial charge on any atom is -0.386 e. The number of aromatic nitrogens is 1. The molecule has 0 fully saturated rings. The highest BCUT2D eigenvalue weighted by Crippen LogP contribution is 2.20. The smallest absolute Gasteiger partial charge is 0.240 e. The molecule has 1 aromatic carbocycles. The van der Waals surface area contributed by atoms with E-state index < -0.39 is 16.1 Å². The van der Waals surface area contributed by atoms with Crippen molar-refractivity contribution in [2.24, 2.45) is 7.05 Å². The van der Waals surface area contributed by atoms with Crippen LogP contribution in [0.4, 0.5) is 0 Å². The first-order valence-electron chi connectivity index (χ1n) is 6.36. The van der Waals surface area contributed by atoms with Crippen LogP contribution in [-0.2, 0) is 17.1 Å². The molecule has 1 aromatic heterocycles. The van der Waals surface area contributed by atoms with Crippen molar-refractivity contribution >= 4 is 21.6 Å². The topological polar surface area (TPSA) is 71.3 Å². The van der Waals surface area contributed by atoms with Gasteiger partial charge in [0, 0.05) is 30.5 Å². The molecule has 0 aliphatic heterocycles. The first-order valence-corrected chi connectivity index (χ1v) is 8.22. The third-order valence-electron chi connectivity index (χ3n) is 3.23. The summed E-state index contributed by atoms with van der Waals surface area (Å²) in [6.45, 7) is 1.59. The van der Waals surface area contributed by atoms with Crippen LogP contribution in [0.3, 0.4) is 0 Å². The number of hydrogen-bond donors (Lipinski definition) is 2. The van der Waals surface area contributed by atoms with Gasteiger partial charge in [0.05, 0.1) is 4.90 Å². The Hall–Kier alpha value is -1.34. The molecule has 0 saturated carbocycles. The lowest BCUT2D eigenvalue weighted by atomic mass is 10.2. The summed E-state index contributed by atoms with van der Waals surface area (Å²) in [5, 5.41) is 10.4. The first kappa shape index (κ1) is 16.0. The molecule has 1 heterocycles. The molecule has 0 amide bonds. The molecular weight excluding hydrogens is 312 g/mol. The highest BCUT2D eigenvalue weighted by Gasteiger charge is 2.20. The Morgan fingerprint density at radius 2 is 2.10 bits per heavy atom. The zero-order chi connectivity index (χ0) is 15.6. The monoisotopic (exact) mass is 328 g/mol. The molecule has 21 heavy (non-hydrogen) atoms. The maximum atomic E-state index is 12.3. The zero-order valence-corrected chi connectivity index (χ0v) is 13.3. The maximum absolute atomic E-state index is 12.3. The summed E-state index contributed by atoms with van der Waals surface area (Å²) in [5.74, 6) is 0. The van der Waals surface area contributed by atoms with Crippen molar-refractivity contribution < 1.29 is 13.5 Å². The molecule has 2 rings (SSSR count). The molecule has 0 aliphatic carbocycles. The fraction of sp³-hybridized carbons (Fsp3) is 0.286. The normalized spacial score (nSPS) is 13.3. The van der Waals surface area contributed by atoms with Crippen molar-refractivity contribution in [2.75, 3.05) is 6.54 Å². The highest BCUT2D eigenvalue weighted by atomic mass is 35.5. The van der Waals surface area contributed by atoms with Crippen molar-refractivity contribution in [1.29, 1.82) is 0 Å². The average Bonchev–Trinajstić information content (AvgIpc) is 2.85. The summed E-state index contributed by atoms with van der Waals surface area (Å²) in [6.07, 6.45) is 0.869. The Kier molecular flexibility index (Phi) is 4.73. The van der Waals surface area contributed by atoms with E-state index in [1.54, 1.807) is 49.0 Å². The fourth-order valence-electron chi connectivity index (χ4n) is 2.05. The third-order valence-corrected chi connectivity index (χ3v) is 5.03. The van der Waals surface area contributed by atoms with Crippen LogP contribution in [0, 0.1) is 6.92 Å². The van der Waals surface area contributed by atoms with E-state index in [0.717, 1.165) is 0 Å². The van der Waals surface area contributed by atoms with Gasteiger partial charge >= 0.3 is 0 Å². The number of nitrogens with zero attached hydrogens (tertiary/aromatic N) is 1. The Morgan fingerprint density at radius 3 is 2.71 bits per heavy atom. The van der Waals surface area contributed by atoms with Crippen molar-refractivity contribution in [3.8, 4) is 0 Å². The SMILES string of the molecule is Cc1ccc(Cl)cc1S(=O)(=O)NCC(O)c1cccn1C. The van der Waals surface area contributed by atoms with E-state index in [2.05, 4.69) is 4.72 Å². The number of hydrogen-bond acceptors (Lipinski definition) is 3. The molecule has 0 saturated heterocycles. The first-order chi connectivity index (χ1) is 9.81. The van der Waals surface area contributed by atoms with Gasteiger partial charge in [0.1, 0.15) is 6.10 Å². The second kappa shape index (κ2) is 6.19. The van der Waals surface area contributed by atoms with Gasteiger partial charge < -0.3 is 9.67 Å². The molecule has 0 radical (unpaired) electrons. The average molecular weight is 329 g/mol. The number of benzene rings is 1. The van der Waals surface area contributed by atoms with Gasteiger partial charge in [0.2, 0.25) is 10.0 Å². The minimum absolute atomic E-state index is 0.105. The Balaban J connectivity index is 2.15. The molecule has 0 spiro atoms. The Labute approximate surface area is 129 Å². The van der Waals surface area contributed by atoms with Gasteiger partial charge in [-0.15, -0.1) is 0 Å². The van der Waals surface area contributed by atoms with E-state index in [0.29, 0.717) is 16.3 Å². The second-order valence-electron chi connectivity index (χ2n) is 4.82. The number of nitrogens with one attached hydrogen (secondary N) is 1. The molecule has 1 unspecified atom stereocenters. The van der Waals surface area contributed by atoms with E-state index in [9.17, 15) is 13.5 Å². The molecule has 114 valence electrons. The van der Waals surface area contributed by atoms with Gasteiger partial charge in [-0.1, -0.05) is 17.7 Å². The molecule has 7 heteroatoms. The predicted octanol–water partition coefficient (Wildman–Crippen LogP) is 2.00. The quantitative estimate of drug-likeness (QED) is 0.882. The lowest BCUT2D eigenvalue weighted by Gasteiger charge is -2.14. The standard InChI is InChI=1S/C14H17ClN2O3S/c1-10-5-6-11(15)8-14(10)21(19,20)16-9-13(18)12-4-3-7-17(12)2/h3-8,13,16,18H,9H2,1-2H3. The van der Waals surface area contributed by atoms with Gasteiger partial charge in [-0.05, 0) is 36.8 Å². The van der Waals surface area contributed by atoms with Crippen LogP contribution in [0.25, 0.3) is 0 Å². The largest absolute Gasteiger partial charge is 0.386 e. The van der Waals surface area contributed by atoms with Gasteiger partial charge in [-0.3, -0.25) is 0 Å². The molecule has 2 aromatic rings. The van der Waals surface area contributed by atoms with E-state index in [1.165, 1.54) is 6.07 Å². The lowest BCUT2D eigenvalue weighted by molar-refractivity contribution is 0.173. The van der Waals surface area contributed by atoms with Crippen LogP contribution in [-0.4, -0.2) is 24.6 Å². The van der Waals surface area contributed by atoms with Gasteiger partial charge in [-0.2, -0.15) is 0 Å². The predicted molar refractivity (Wildman–Crippen MR) is 81.8 cm³/mol. The number of sulfonamides is 1. The lowest BCUT2D eigenvalue weighted by Crippen LogP contribution is -2.29. The Morgan fingerprint density at radius 1 is 1.38 bits per heavy atom. The van der Waals surface area contributed by atoms with E-state index in [1.807, 2.05) is 0 Å². The van der Waals surface area contributed by atoms with Crippen molar-refractivity contribution in [3.63, 3.8) is 0 Å². The van der Waals surface area contributed by atoms with Gasteiger partial charge in [0.25, 0.3) is 0 Å². The van der Waals surface area contributed by atoms with Gasteiger partial charge in [0.15, 0.2) is 0 Å². The summed E-state index contributed by atoms with van der Waals surface area (Å²) in [7, 11) is -1.93. The van der Waals surface area contributed by atoms with Crippen LogP contribution in [0.15, 0.2) is 41.4 Å². The molecule has 5 nitrogen and oxygen atoms in total. The van der Waals surface area contributed by atoms with Crippen LogP contribution >= 0.6 is 11.6 Å². The fourth-order valence-corrected chi connectivity index (χ4v) is 3.60. The number of aliphatic hydroxyl groups is 1. The molecule has 1 atom stereocenters. The zero-order valence-electron chi connectivity index (χ0n) is 11.7. The maximum Gasteiger partial charge on any atom is 0.240 e. The molecular formula is C14H17ClN2O3S. The summed E-state index contributed by atoms with van der Waals surface area (Å²) in [5.41, 5.74) is 1.24. The van der Waals surface area contributed by atoms with Crippen molar-refractivity contribution in [1.82, 2.24) is 9.29 Å². The molecule has 2 N–H and O–H groups in total. The van der Waals surface area contributed by atoms with E-state index >= 15 is 0 Å². The van der Waals surface area contributed by atoms with Crippen LogP contribution in [0.2, 0.25) is 5.02 Å². The summed E-state index contributed by atoms with van der Waals surface area (Å²) in [4.78, 5) is 0.120. The molecule has 0 aliphatic rings. The number of aryl methyl sites for hydroxylation is 2. The summed E-state index contributed by atoms with van der Waals surface area (Å²) >= 11 is 5.84. The number of halogens is 1. The third kappa shape index (κ3) is 3.65. The summed E-state index contributed by atoms with van der Waals surface area (Å²) < 4.78 is 28.7. The van der Waals surface area contributed by atoms with E-state index in [4.69, 9.17) is 11.6 Å².